The summed E-state index contributed by atoms with van der Waals surface area (Å²) in [5.41, 5.74) is 0.778. The Kier molecular flexibility index (Phi) is 6.90. The smallest absolute Gasteiger partial charge is 0.235 e. The van der Waals surface area contributed by atoms with Gasteiger partial charge in [0.15, 0.2) is 0 Å². The number of carbonyl (C=O) groups excluding carboxylic acids is 2. The second-order valence-electron chi connectivity index (χ2n) is 6.42. The molecule has 27 heavy (non-hydrogen) atoms. The van der Waals surface area contributed by atoms with Gasteiger partial charge in [-0.15, -0.1) is 11.8 Å². The molecule has 2 amide bonds. The molecule has 0 radical (unpaired) electrons. The first kappa shape index (κ1) is 19.9. The lowest BCUT2D eigenvalue weighted by Gasteiger charge is -2.36. The number of halogens is 1. The molecule has 1 fully saturated rings. The van der Waals surface area contributed by atoms with E-state index in [4.69, 9.17) is 0 Å². The molecule has 2 heterocycles. The van der Waals surface area contributed by atoms with E-state index in [-0.39, 0.29) is 17.1 Å². The molecule has 1 aliphatic rings. The van der Waals surface area contributed by atoms with Crippen molar-refractivity contribution < 1.29 is 9.59 Å². The summed E-state index contributed by atoms with van der Waals surface area (Å²) in [6, 6.07) is 13.6. The Balaban J connectivity index is 1.48. The second kappa shape index (κ2) is 9.37. The Hall–Kier alpha value is -1.86. The molecule has 1 unspecified atom stereocenters. The minimum Gasteiger partial charge on any atom is -0.339 e. The molecular weight excluding hydrogens is 426 g/mol. The predicted molar refractivity (Wildman–Crippen MR) is 111 cm³/mol. The lowest BCUT2D eigenvalue weighted by Crippen LogP contribution is -2.52. The molecule has 5 nitrogen and oxygen atoms in total. The molecule has 7 heteroatoms. The number of aromatic nitrogens is 1. The third-order valence-corrected chi connectivity index (χ3v) is 6.10. The SMILES string of the molecule is CC(Sc1ccc(Br)cc1)C(=O)N1CCN(C(=O)Cc2ccccn2)CC1. The van der Waals surface area contributed by atoms with Crippen LogP contribution in [-0.4, -0.2) is 58.0 Å². The molecule has 1 aromatic carbocycles. The number of nitrogens with zero attached hydrogens (tertiary/aromatic N) is 3. The van der Waals surface area contributed by atoms with Crippen molar-refractivity contribution in [3.63, 3.8) is 0 Å². The van der Waals surface area contributed by atoms with Crippen LogP contribution in [0.4, 0.5) is 0 Å². The van der Waals surface area contributed by atoms with Crippen LogP contribution in [0.25, 0.3) is 0 Å². The number of thioether (sulfide) groups is 1. The fraction of sp³-hybridized carbons (Fsp3) is 0.350. The number of pyridine rings is 1. The normalized spacial score (nSPS) is 15.5. The molecule has 1 aromatic heterocycles. The number of benzene rings is 1. The molecular formula is C20H22BrN3O2S. The summed E-state index contributed by atoms with van der Waals surface area (Å²) in [6.07, 6.45) is 2.01. The molecule has 0 N–H and O–H groups in total. The zero-order chi connectivity index (χ0) is 19.2. The molecule has 0 saturated carbocycles. The third-order valence-electron chi connectivity index (χ3n) is 4.48. The number of hydrogen-bond acceptors (Lipinski definition) is 4. The maximum Gasteiger partial charge on any atom is 0.235 e. The first-order chi connectivity index (χ1) is 13.0. The van der Waals surface area contributed by atoms with Crippen molar-refractivity contribution in [2.45, 2.75) is 23.5 Å². The van der Waals surface area contributed by atoms with Crippen LogP contribution < -0.4 is 0 Å². The van der Waals surface area contributed by atoms with Gasteiger partial charge in [-0.05, 0) is 43.3 Å². The summed E-state index contributed by atoms with van der Waals surface area (Å²) in [4.78, 5) is 34.1. The second-order valence-corrected chi connectivity index (χ2v) is 8.75. The number of hydrogen-bond donors (Lipinski definition) is 0. The summed E-state index contributed by atoms with van der Waals surface area (Å²) in [7, 11) is 0. The molecule has 1 aliphatic heterocycles. The van der Waals surface area contributed by atoms with E-state index in [1.165, 1.54) is 0 Å². The zero-order valence-corrected chi connectivity index (χ0v) is 17.6. The highest BCUT2D eigenvalue weighted by atomic mass is 79.9. The van der Waals surface area contributed by atoms with Gasteiger partial charge in [-0.25, -0.2) is 0 Å². The molecule has 3 rings (SSSR count). The molecule has 1 saturated heterocycles. The quantitative estimate of drug-likeness (QED) is 0.660. The van der Waals surface area contributed by atoms with Gasteiger partial charge in [0.2, 0.25) is 11.8 Å². The van der Waals surface area contributed by atoms with Crippen molar-refractivity contribution in [2.24, 2.45) is 0 Å². The number of amides is 2. The largest absolute Gasteiger partial charge is 0.339 e. The van der Waals surface area contributed by atoms with Gasteiger partial charge >= 0.3 is 0 Å². The monoisotopic (exact) mass is 447 g/mol. The standard InChI is InChI=1S/C20H22BrN3O2S/c1-15(27-18-7-5-16(21)6-8-18)20(26)24-12-10-23(11-13-24)19(25)14-17-4-2-3-9-22-17/h2-9,15H,10-14H2,1H3. The lowest BCUT2D eigenvalue weighted by molar-refractivity contribution is -0.138. The number of piperazine rings is 1. The fourth-order valence-electron chi connectivity index (χ4n) is 2.97. The summed E-state index contributed by atoms with van der Waals surface area (Å²) < 4.78 is 1.03. The van der Waals surface area contributed by atoms with Crippen LogP contribution in [-0.2, 0) is 16.0 Å². The van der Waals surface area contributed by atoms with Crippen LogP contribution in [0.5, 0.6) is 0 Å². The Labute approximate surface area is 172 Å². The maximum atomic E-state index is 12.7. The Morgan fingerprint density at radius 3 is 2.37 bits per heavy atom. The third kappa shape index (κ3) is 5.56. The molecule has 0 spiro atoms. The van der Waals surface area contributed by atoms with Crippen LogP contribution in [0.2, 0.25) is 0 Å². The maximum absolute atomic E-state index is 12.7. The minimum absolute atomic E-state index is 0.0677. The van der Waals surface area contributed by atoms with Crippen LogP contribution in [0, 0.1) is 0 Å². The van der Waals surface area contributed by atoms with E-state index in [2.05, 4.69) is 20.9 Å². The topological polar surface area (TPSA) is 53.5 Å². The van der Waals surface area contributed by atoms with Gasteiger partial charge in [0.1, 0.15) is 0 Å². The van der Waals surface area contributed by atoms with Gasteiger partial charge in [0.25, 0.3) is 0 Å². The highest BCUT2D eigenvalue weighted by Gasteiger charge is 2.27. The van der Waals surface area contributed by atoms with E-state index in [0.717, 1.165) is 15.1 Å². The van der Waals surface area contributed by atoms with Gasteiger partial charge in [-0.1, -0.05) is 22.0 Å². The first-order valence-corrected chi connectivity index (χ1v) is 10.6. The van der Waals surface area contributed by atoms with Gasteiger partial charge in [0.05, 0.1) is 11.7 Å². The average Bonchev–Trinajstić information content (AvgIpc) is 2.70. The van der Waals surface area contributed by atoms with Gasteiger partial charge in [0, 0.05) is 47.4 Å². The highest BCUT2D eigenvalue weighted by Crippen LogP contribution is 2.26. The van der Waals surface area contributed by atoms with E-state index in [1.54, 1.807) is 18.0 Å². The van der Waals surface area contributed by atoms with E-state index in [9.17, 15) is 9.59 Å². The van der Waals surface area contributed by atoms with Crippen molar-refractivity contribution in [2.75, 3.05) is 26.2 Å². The zero-order valence-electron chi connectivity index (χ0n) is 15.2. The molecule has 2 aromatic rings. The van der Waals surface area contributed by atoms with Crippen molar-refractivity contribution in [1.29, 1.82) is 0 Å². The van der Waals surface area contributed by atoms with Gasteiger partial charge < -0.3 is 9.80 Å². The van der Waals surface area contributed by atoms with Crippen molar-refractivity contribution in [1.82, 2.24) is 14.8 Å². The van der Waals surface area contributed by atoms with E-state index in [0.29, 0.717) is 32.6 Å². The van der Waals surface area contributed by atoms with Gasteiger partial charge in [-0.3, -0.25) is 14.6 Å². The van der Waals surface area contributed by atoms with Crippen LogP contribution in [0.3, 0.4) is 0 Å². The first-order valence-electron chi connectivity index (χ1n) is 8.91. The molecule has 1 atom stereocenters. The Bertz CT molecular complexity index is 778. The van der Waals surface area contributed by atoms with E-state index < -0.39 is 0 Å². The summed E-state index contributed by atoms with van der Waals surface area (Å²) >= 11 is 4.98. The summed E-state index contributed by atoms with van der Waals surface area (Å²) in [6.45, 7) is 4.25. The van der Waals surface area contributed by atoms with Crippen molar-refractivity contribution >= 4 is 39.5 Å². The molecule has 142 valence electrons. The molecule has 0 aliphatic carbocycles. The summed E-state index contributed by atoms with van der Waals surface area (Å²) in [5, 5.41) is -0.151. The van der Waals surface area contributed by atoms with Crippen LogP contribution >= 0.6 is 27.7 Å². The highest BCUT2D eigenvalue weighted by molar-refractivity contribution is 9.10. The van der Waals surface area contributed by atoms with Crippen LogP contribution in [0.15, 0.2) is 58.0 Å². The Morgan fingerprint density at radius 2 is 1.74 bits per heavy atom. The van der Waals surface area contributed by atoms with Gasteiger partial charge in [-0.2, -0.15) is 0 Å². The van der Waals surface area contributed by atoms with E-state index >= 15 is 0 Å². The number of carbonyl (C=O) groups is 2. The Morgan fingerprint density at radius 1 is 1.07 bits per heavy atom. The van der Waals surface area contributed by atoms with E-state index in [1.807, 2.05) is 59.2 Å². The minimum atomic E-state index is -0.151. The van der Waals surface area contributed by atoms with Crippen molar-refractivity contribution in [3.05, 3.63) is 58.8 Å². The number of rotatable bonds is 5. The van der Waals surface area contributed by atoms with Crippen LogP contribution in [0.1, 0.15) is 12.6 Å². The lowest BCUT2D eigenvalue weighted by atomic mass is 10.2. The fourth-order valence-corrected chi connectivity index (χ4v) is 4.19. The predicted octanol–water partition coefficient (Wildman–Crippen LogP) is 3.24. The molecule has 0 bridgehead atoms. The summed E-state index contributed by atoms with van der Waals surface area (Å²) in [5.74, 6) is 0.192. The van der Waals surface area contributed by atoms with Crippen molar-refractivity contribution in [3.8, 4) is 0 Å². The average molecular weight is 448 g/mol.